The molecule has 0 aliphatic rings. The Morgan fingerprint density at radius 2 is 1.70 bits per heavy atom. The molecule has 0 saturated heterocycles. The van der Waals surface area contributed by atoms with Crippen molar-refractivity contribution in [2.75, 3.05) is 0 Å². The summed E-state index contributed by atoms with van der Waals surface area (Å²) >= 11 is 0. The van der Waals surface area contributed by atoms with Crippen LogP contribution in [0.4, 0.5) is 0 Å². The fourth-order valence-corrected chi connectivity index (χ4v) is 2.86. The summed E-state index contributed by atoms with van der Waals surface area (Å²) in [5.74, 6) is -0.161. The van der Waals surface area contributed by atoms with E-state index in [1.54, 1.807) is 26.0 Å². The fraction of sp³-hybridized carbons (Fsp3) is 0.562. The van der Waals surface area contributed by atoms with Crippen molar-refractivity contribution < 1.29 is 13.5 Å². The Labute approximate surface area is 138 Å². The molecule has 1 aromatic rings. The first-order chi connectivity index (χ1) is 10.3. The van der Waals surface area contributed by atoms with Gasteiger partial charge in [0.25, 0.3) is 10.0 Å². The predicted molar refractivity (Wildman–Crippen MR) is 92.7 cm³/mol. The van der Waals surface area contributed by atoms with Crippen LogP contribution in [-0.4, -0.2) is 30.6 Å². The first-order valence-electron chi connectivity index (χ1n) is 7.48. The Kier molecular flexibility index (Phi) is 5.82. The van der Waals surface area contributed by atoms with Gasteiger partial charge in [-0.2, -0.15) is 0 Å². The summed E-state index contributed by atoms with van der Waals surface area (Å²) < 4.78 is 26.8. The van der Waals surface area contributed by atoms with Gasteiger partial charge in [0.2, 0.25) is 5.96 Å². The summed E-state index contributed by atoms with van der Waals surface area (Å²) in [6, 6.07) is 6.47. The quantitative estimate of drug-likeness (QED) is 0.543. The second kappa shape index (κ2) is 6.88. The van der Waals surface area contributed by atoms with Crippen molar-refractivity contribution in [1.29, 1.82) is 0 Å². The molecule has 23 heavy (non-hydrogen) atoms. The van der Waals surface area contributed by atoms with Crippen molar-refractivity contribution in [3.63, 3.8) is 0 Å². The van der Waals surface area contributed by atoms with Gasteiger partial charge in [-0.25, -0.2) is 18.1 Å². The number of nitrogens with two attached hydrogens (primary N) is 1. The number of aryl methyl sites for hydroxylation is 1. The van der Waals surface area contributed by atoms with Gasteiger partial charge in [0.1, 0.15) is 0 Å². The highest BCUT2D eigenvalue weighted by molar-refractivity contribution is 7.90. The standard InChI is InChI=1S/C16H27N3O3S/c1-12-6-8-13(9-7-12)23(21,22)19-14(17)18-15(2,3)10-11-16(4,5)20/h6-9,20H,10-11H2,1-5H3,(H3,17,18,19). The van der Waals surface area contributed by atoms with Crippen molar-refractivity contribution in [2.45, 2.75) is 63.5 Å². The highest BCUT2D eigenvalue weighted by Crippen LogP contribution is 2.22. The Morgan fingerprint density at radius 1 is 1.17 bits per heavy atom. The molecule has 0 aromatic heterocycles. The molecule has 0 radical (unpaired) electrons. The van der Waals surface area contributed by atoms with Gasteiger partial charge in [0.05, 0.1) is 16.0 Å². The number of hydrogen-bond acceptors (Lipinski definition) is 4. The maximum Gasteiger partial charge on any atom is 0.264 e. The number of aliphatic hydroxyl groups is 1. The van der Waals surface area contributed by atoms with Gasteiger partial charge in [-0.1, -0.05) is 17.7 Å². The molecule has 0 aliphatic heterocycles. The molecule has 1 rings (SSSR count). The van der Waals surface area contributed by atoms with Crippen LogP contribution >= 0.6 is 0 Å². The van der Waals surface area contributed by atoms with Crippen molar-refractivity contribution in [3.8, 4) is 0 Å². The zero-order valence-electron chi connectivity index (χ0n) is 14.4. The average molecular weight is 341 g/mol. The van der Waals surface area contributed by atoms with Crippen LogP contribution in [0.25, 0.3) is 0 Å². The van der Waals surface area contributed by atoms with E-state index in [1.165, 1.54) is 12.1 Å². The van der Waals surface area contributed by atoms with E-state index in [-0.39, 0.29) is 10.9 Å². The number of sulfonamides is 1. The number of nitrogens with one attached hydrogen (secondary N) is 1. The summed E-state index contributed by atoms with van der Waals surface area (Å²) in [5.41, 5.74) is 5.33. The van der Waals surface area contributed by atoms with Crippen LogP contribution in [-0.2, 0) is 10.0 Å². The second-order valence-corrected chi connectivity index (χ2v) is 8.72. The molecule has 0 fully saturated rings. The van der Waals surface area contributed by atoms with Crippen molar-refractivity contribution in [1.82, 2.24) is 4.72 Å². The molecule has 0 unspecified atom stereocenters. The topological polar surface area (TPSA) is 105 Å². The maximum absolute atomic E-state index is 12.2. The third kappa shape index (κ3) is 7.00. The maximum atomic E-state index is 12.2. The van der Waals surface area contributed by atoms with Crippen LogP contribution in [0.3, 0.4) is 0 Å². The molecule has 130 valence electrons. The van der Waals surface area contributed by atoms with E-state index < -0.39 is 21.2 Å². The molecule has 1 aromatic carbocycles. The van der Waals surface area contributed by atoms with Gasteiger partial charge in [0, 0.05) is 0 Å². The summed E-state index contributed by atoms with van der Waals surface area (Å²) in [6.07, 6.45) is 1.10. The largest absolute Gasteiger partial charge is 0.390 e. The molecule has 0 amide bonds. The monoisotopic (exact) mass is 341 g/mol. The molecule has 0 saturated carbocycles. The van der Waals surface area contributed by atoms with E-state index >= 15 is 0 Å². The van der Waals surface area contributed by atoms with E-state index in [0.717, 1.165) is 5.56 Å². The third-order valence-electron chi connectivity index (χ3n) is 3.34. The minimum atomic E-state index is -3.75. The lowest BCUT2D eigenvalue weighted by Crippen LogP contribution is -2.39. The van der Waals surface area contributed by atoms with E-state index in [1.807, 2.05) is 20.8 Å². The van der Waals surface area contributed by atoms with Crippen LogP contribution in [0.1, 0.15) is 46.1 Å². The number of nitrogens with zero attached hydrogens (tertiary/aromatic N) is 1. The van der Waals surface area contributed by atoms with Crippen molar-refractivity contribution >= 4 is 16.0 Å². The van der Waals surface area contributed by atoms with E-state index in [9.17, 15) is 13.5 Å². The Bertz CT molecular complexity index is 657. The van der Waals surface area contributed by atoms with Crippen LogP contribution in [0.2, 0.25) is 0 Å². The summed E-state index contributed by atoms with van der Waals surface area (Å²) in [4.78, 5) is 4.37. The van der Waals surface area contributed by atoms with Crippen molar-refractivity contribution in [2.24, 2.45) is 10.7 Å². The van der Waals surface area contributed by atoms with Gasteiger partial charge in [-0.15, -0.1) is 0 Å². The second-order valence-electron chi connectivity index (χ2n) is 7.04. The van der Waals surface area contributed by atoms with Crippen LogP contribution in [0.5, 0.6) is 0 Å². The molecule has 0 spiro atoms. The number of aliphatic imine (C=N–C) groups is 1. The fourth-order valence-electron chi connectivity index (χ4n) is 1.93. The molecule has 0 atom stereocenters. The lowest BCUT2D eigenvalue weighted by Gasteiger charge is -2.25. The van der Waals surface area contributed by atoms with Gasteiger partial charge < -0.3 is 10.8 Å². The number of hydrogen-bond donors (Lipinski definition) is 3. The summed E-state index contributed by atoms with van der Waals surface area (Å²) in [6.45, 7) is 8.99. The molecule has 0 heterocycles. The minimum absolute atomic E-state index is 0.135. The highest BCUT2D eigenvalue weighted by atomic mass is 32.2. The Hall–Kier alpha value is -1.60. The summed E-state index contributed by atoms with van der Waals surface area (Å²) in [7, 11) is -3.75. The molecular formula is C16H27N3O3S. The average Bonchev–Trinajstić information content (AvgIpc) is 2.35. The summed E-state index contributed by atoms with van der Waals surface area (Å²) in [5, 5.41) is 9.78. The third-order valence-corrected chi connectivity index (χ3v) is 4.71. The number of guanidine groups is 1. The first kappa shape index (κ1) is 19.4. The van der Waals surface area contributed by atoms with E-state index in [2.05, 4.69) is 9.71 Å². The lowest BCUT2D eigenvalue weighted by atomic mass is 9.92. The Morgan fingerprint density at radius 3 is 2.17 bits per heavy atom. The van der Waals surface area contributed by atoms with E-state index in [0.29, 0.717) is 12.8 Å². The zero-order chi connectivity index (χ0) is 17.9. The predicted octanol–water partition coefficient (Wildman–Crippen LogP) is 1.92. The van der Waals surface area contributed by atoms with Gasteiger partial charge in [-0.3, -0.25) is 0 Å². The van der Waals surface area contributed by atoms with Gasteiger partial charge >= 0.3 is 0 Å². The lowest BCUT2D eigenvalue weighted by molar-refractivity contribution is 0.0632. The van der Waals surface area contributed by atoms with E-state index in [4.69, 9.17) is 5.73 Å². The molecule has 6 nitrogen and oxygen atoms in total. The molecule has 7 heteroatoms. The van der Waals surface area contributed by atoms with Crippen LogP contribution in [0, 0.1) is 6.92 Å². The highest BCUT2D eigenvalue weighted by Gasteiger charge is 2.23. The minimum Gasteiger partial charge on any atom is -0.390 e. The SMILES string of the molecule is Cc1ccc(S(=O)(=O)NC(N)=NC(C)(C)CCC(C)(C)O)cc1. The van der Waals surface area contributed by atoms with Crippen LogP contribution < -0.4 is 10.5 Å². The van der Waals surface area contributed by atoms with Gasteiger partial charge in [-0.05, 0) is 59.6 Å². The molecule has 0 bridgehead atoms. The molecule has 4 N–H and O–H groups in total. The molecule has 0 aliphatic carbocycles. The normalized spacial score (nSPS) is 13.9. The Balaban J connectivity index is 2.84. The number of rotatable bonds is 6. The van der Waals surface area contributed by atoms with Crippen molar-refractivity contribution in [3.05, 3.63) is 29.8 Å². The smallest absolute Gasteiger partial charge is 0.264 e. The van der Waals surface area contributed by atoms with Gasteiger partial charge in [0.15, 0.2) is 0 Å². The van der Waals surface area contributed by atoms with Crippen LogP contribution in [0.15, 0.2) is 34.2 Å². The molecular weight excluding hydrogens is 314 g/mol. The first-order valence-corrected chi connectivity index (χ1v) is 8.96. The number of benzene rings is 1. The zero-order valence-corrected chi connectivity index (χ0v) is 15.2.